The van der Waals surface area contributed by atoms with Gasteiger partial charge in [0.25, 0.3) is 0 Å². The zero-order chi connectivity index (χ0) is 14.6. The molecule has 2 fully saturated rings. The van der Waals surface area contributed by atoms with Gasteiger partial charge in [-0.05, 0) is 62.6 Å². The van der Waals surface area contributed by atoms with Crippen LogP contribution in [0.5, 0.6) is 0 Å². The topological polar surface area (TPSA) is 15.3 Å². The van der Waals surface area contributed by atoms with E-state index in [1.807, 2.05) is 0 Å². The maximum Gasteiger partial charge on any atom is 0.0100 e. The standard InChI is InChI=1S/C18H36N2/c1-15(14-20-11-7-8-12-20)13-19-17-10-6-5-9-16(17)18(2,3)4/h15-17,19H,5-14H2,1-4H3. The molecule has 1 saturated heterocycles. The monoisotopic (exact) mass is 280 g/mol. The average Bonchev–Trinajstić information content (AvgIpc) is 2.88. The summed E-state index contributed by atoms with van der Waals surface area (Å²) >= 11 is 0. The lowest BCUT2D eigenvalue weighted by atomic mass is 9.69. The molecule has 1 N–H and O–H groups in total. The van der Waals surface area contributed by atoms with Crippen LogP contribution >= 0.6 is 0 Å². The van der Waals surface area contributed by atoms with Crippen molar-refractivity contribution in [3.05, 3.63) is 0 Å². The van der Waals surface area contributed by atoms with Gasteiger partial charge in [-0.2, -0.15) is 0 Å². The lowest BCUT2D eigenvalue weighted by molar-refractivity contribution is 0.126. The second-order valence-corrected chi connectivity index (χ2v) is 8.38. The first-order valence-electron chi connectivity index (χ1n) is 8.92. The Balaban J connectivity index is 1.75. The Labute approximate surface area is 126 Å². The number of rotatable bonds is 5. The van der Waals surface area contributed by atoms with Crippen molar-refractivity contribution < 1.29 is 0 Å². The summed E-state index contributed by atoms with van der Waals surface area (Å²) in [5.74, 6) is 1.64. The summed E-state index contributed by atoms with van der Waals surface area (Å²) in [7, 11) is 0. The number of hydrogen-bond donors (Lipinski definition) is 1. The van der Waals surface area contributed by atoms with E-state index in [0.717, 1.165) is 17.9 Å². The van der Waals surface area contributed by atoms with Gasteiger partial charge in [0, 0.05) is 12.6 Å². The first-order chi connectivity index (χ1) is 9.47. The van der Waals surface area contributed by atoms with Crippen LogP contribution in [0.25, 0.3) is 0 Å². The van der Waals surface area contributed by atoms with Crippen LogP contribution in [-0.4, -0.2) is 37.1 Å². The Kier molecular flexibility index (Phi) is 5.92. The molecule has 0 bridgehead atoms. The summed E-state index contributed by atoms with van der Waals surface area (Å²) in [4.78, 5) is 2.65. The Hall–Kier alpha value is -0.0800. The predicted molar refractivity (Wildman–Crippen MR) is 88.0 cm³/mol. The predicted octanol–water partition coefficient (Wildman–Crippen LogP) is 3.91. The third kappa shape index (κ3) is 4.73. The molecule has 20 heavy (non-hydrogen) atoms. The smallest absolute Gasteiger partial charge is 0.0100 e. The summed E-state index contributed by atoms with van der Waals surface area (Å²) in [6.45, 7) is 14.8. The first-order valence-corrected chi connectivity index (χ1v) is 8.92. The highest BCUT2D eigenvalue weighted by atomic mass is 15.1. The molecule has 0 aromatic carbocycles. The lowest BCUT2D eigenvalue weighted by Crippen LogP contribution is -2.46. The molecule has 1 aliphatic heterocycles. The molecule has 1 heterocycles. The van der Waals surface area contributed by atoms with Gasteiger partial charge in [0.05, 0.1) is 0 Å². The third-order valence-corrected chi connectivity index (χ3v) is 5.38. The molecule has 118 valence electrons. The van der Waals surface area contributed by atoms with Crippen molar-refractivity contribution in [3.63, 3.8) is 0 Å². The molecule has 0 radical (unpaired) electrons. The molecule has 2 rings (SSSR count). The normalized spacial score (nSPS) is 30.6. The van der Waals surface area contributed by atoms with E-state index in [2.05, 4.69) is 37.9 Å². The van der Waals surface area contributed by atoms with Gasteiger partial charge < -0.3 is 10.2 Å². The molecule has 0 amide bonds. The second-order valence-electron chi connectivity index (χ2n) is 8.38. The molecule has 0 aromatic rings. The zero-order valence-electron chi connectivity index (χ0n) is 14.3. The second kappa shape index (κ2) is 7.26. The maximum atomic E-state index is 3.93. The van der Waals surface area contributed by atoms with Crippen molar-refractivity contribution in [2.24, 2.45) is 17.3 Å². The maximum absolute atomic E-state index is 3.93. The van der Waals surface area contributed by atoms with E-state index in [9.17, 15) is 0 Å². The minimum atomic E-state index is 0.455. The van der Waals surface area contributed by atoms with Crippen molar-refractivity contribution >= 4 is 0 Å². The van der Waals surface area contributed by atoms with Crippen molar-refractivity contribution in [1.29, 1.82) is 0 Å². The van der Waals surface area contributed by atoms with Crippen LogP contribution < -0.4 is 5.32 Å². The van der Waals surface area contributed by atoms with Crippen molar-refractivity contribution in [2.75, 3.05) is 26.2 Å². The van der Waals surface area contributed by atoms with Crippen LogP contribution in [0, 0.1) is 17.3 Å². The minimum Gasteiger partial charge on any atom is -0.313 e. The molecule has 0 aromatic heterocycles. The SMILES string of the molecule is CC(CNC1CCCCC1C(C)(C)C)CN1CCCC1. The lowest BCUT2D eigenvalue weighted by Gasteiger charge is -2.41. The summed E-state index contributed by atoms with van der Waals surface area (Å²) in [6, 6.07) is 0.754. The number of nitrogens with one attached hydrogen (secondary N) is 1. The highest BCUT2D eigenvalue weighted by Crippen LogP contribution is 2.38. The molecule has 1 saturated carbocycles. The molecule has 2 nitrogen and oxygen atoms in total. The van der Waals surface area contributed by atoms with Gasteiger partial charge in [0.1, 0.15) is 0 Å². The van der Waals surface area contributed by atoms with Gasteiger partial charge in [-0.1, -0.05) is 40.5 Å². The third-order valence-electron chi connectivity index (χ3n) is 5.38. The Morgan fingerprint density at radius 3 is 2.35 bits per heavy atom. The molecule has 2 aliphatic rings. The molecule has 0 spiro atoms. The number of likely N-dealkylation sites (tertiary alicyclic amines) is 1. The molecular formula is C18H36N2. The molecular weight excluding hydrogens is 244 g/mol. The van der Waals surface area contributed by atoms with Crippen LogP contribution in [0.1, 0.15) is 66.2 Å². The fourth-order valence-corrected chi connectivity index (χ4v) is 4.23. The first kappa shape index (κ1) is 16.3. The highest BCUT2D eigenvalue weighted by molar-refractivity contribution is 4.88. The molecule has 1 aliphatic carbocycles. The van der Waals surface area contributed by atoms with E-state index in [1.165, 1.54) is 64.7 Å². The van der Waals surface area contributed by atoms with Gasteiger partial charge in [-0.25, -0.2) is 0 Å². The van der Waals surface area contributed by atoms with Crippen LogP contribution in [0.15, 0.2) is 0 Å². The van der Waals surface area contributed by atoms with E-state index in [0.29, 0.717) is 5.41 Å². The summed E-state index contributed by atoms with van der Waals surface area (Å²) in [6.07, 6.45) is 8.48. The fourth-order valence-electron chi connectivity index (χ4n) is 4.23. The molecule has 3 unspecified atom stereocenters. The summed E-state index contributed by atoms with van der Waals surface area (Å²) in [5.41, 5.74) is 0.455. The Bertz CT molecular complexity index is 276. The van der Waals surface area contributed by atoms with Crippen molar-refractivity contribution in [2.45, 2.75) is 72.3 Å². The average molecular weight is 281 g/mol. The van der Waals surface area contributed by atoms with Gasteiger partial charge >= 0.3 is 0 Å². The van der Waals surface area contributed by atoms with E-state index in [4.69, 9.17) is 0 Å². The van der Waals surface area contributed by atoms with Gasteiger partial charge in [-0.3, -0.25) is 0 Å². The van der Waals surface area contributed by atoms with Crippen LogP contribution in [0.3, 0.4) is 0 Å². The summed E-state index contributed by atoms with van der Waals surface area (Å²) < 4.78 is 0. The van der Waals surface area contributed by atoms with E-state index >= 15 is 0 Å². The Morgan fingerprint density at radius 1 is 1.05 bits per heavy atom. The van der Waals surface area contributed by atoms with E-state index in [1.54, 1.807) is 0 Å². The van der Waals surface area contributed by atoms with Crippen LogP contribution in [-0.2, 0) is 0 Å². The zero-order valence-corrected chi connectivity index (χ0v) is 14.3. The van der Waals surface area contributed by atoms with Crippen molar-refractivity contribution in [3.8, 4) is 0 Å². The highest BCUT2D eigenvalue weighted by Gasteiger charge is 2.33. The molecule has 3 atom stereocenters. The van der Waals surface area contributed by atoms with E-state index in [-0.39, 0.29) is 0 Å². The number of nitrogens with zero attached hydrogens (tertiary/aromatic N) is 1. The van der Waals surface area contributed by atoms with Crippen LogP contribution in [0.2, 0.25) is 0 Å². The van der Waals surface area contributed by atoms with Crippen molar-refractivity contribution in [1.82, 2.24) is 10.2 Å². The van der Waals surface area contributed by atoms with Gasteiger partial charge in [-0.15, -0.1) is 0 Å². The van der Waals surface area contributed by atoms with Crippen LogP contribution in [0.4, 0.5) is 0 Å². The van der Waals surface area contributed by atoms with E-state index < -0.39 is 0 Å². The Morgan fingerprint density at radius 2 is 1.70 bits per heavy atom. The fraction of sp³-hybridized carbons (Fsp3) is 1.00. The van der Waals surface area contributed by atoms with Gasteiger partial charge in [0.15, 0.2) is 0 Å². The molecule has 2 heteroatoms. The summed E-state index contributed by atoms with van der Waals surface area (Å²) in [5, 5.41) is 3.93. The number of hydrogen-bond acceptors (Lipinski definition) is 2. The van der Waals surface area contributed by atoms with Gasteiger partial charge in [0.2, 0.25) is 0 Å². The minimum absolute atomic E-state index is 0.455. The largest absolute Gasteiger partial charge is 0.313 e. The quantitative estimate of drug-likeness (QED) is 0.821.